The average molecular weight is 253 g/mol. The molecule has 3 heteroatoms. The topological polar surface area (TPSA) is 15.3 Å². The van der Waals surface area contributed by atoms with Crippen molar-refractivity contribution in [3.05, 3.63) is 34.9 Å². The van der Waals surface area contributed by atoms with Crippen LogP contribution in [0.2, 0.25) is 5.02 Å². The van der Waals surface area contributed by atoms with E-state index in [1.165, 1.54) is 25.1 Å². The molecule has 0 aliphatic carbocycles. The summed E-state index contributed by atoms with van der Waals surface area (Å²) < 4.78 is 0. The third-order valence-electron chi connectivity index (χ3n) is 3.44. The number of nitrogens with zero attached hydrogens (tertiary/aromatic N) is 1. The van der Waals surface area contributed by atoms with Crippen molar-refractivity contribution in [3.8, 4) is 0 Å². The Kier molecular flexibility index (Phi) is 4.84. The first-order valence-electron chi connectivity index (χ1n) is 6.45. The molecule has 0 spiro atoms. The molecule has 1 aromatic carbocycles. The van der Waals surface area contributed by atoms with Crippen LogP contribution in [0.15, 0.2) is 24.3 Å². The van der Waals surface area contributed by atoms with Crippen LogP contribution < -0.4 is 5.32 Å². The van der Waals surface area contributed by atoms with E-state index in [4.69, 9.17) is 11.6 Å². The maximum Gasteiger partial charge on any atom is 0.0408 e. The smallest absolute Gasteiger partial charge is 0.0408 e. The summed E-state index contributed by atoms with van der Waals surface area (Å²) in [6.07, 6.45) is 2.34. The molecule has 0 saturated carbocycles. The van der Waals surface area contributed by atoms with E-state index in [1.807, 2.05) is 12.1 Å². The number of halogens is 1. The van der Waals surface area contributed by atoms with E-state index >= 15 is 0 Å². The van der Waals surface area contributed by atoms with Crippen LogP contribution >= 0.6 is 11.6 Å². The van der Waals surface area contributed by atoms with Crippen molar-refractivity contribution >= 4 is 11.6 Å². The molecular formula is C14H21ClN2. The summed E-state index contributed by atoms with van der Waals surface area (Å²) >= 11 is 5.98. The largest absolute Gasteiger partial charge is 0.314 e. The molecule has 1 N–H and O–H groups in total. The average Bonchev–Trinajstić information content (AvgIpc) is 2.32. The predicted molar refractivity (Wildman–Crippen MR) is 73.7 cm³/mol. The maximum absolute atomic E-state index is 5.98. The summed E-state index contributed by atoms with van der Waals surface area (Å²) in [5, 5.41) is 4.27. The van der Waals surface area contributed by atoms with E-state index in [0.29, 0.717) is 6.04 Å². The van der Waals surface area contributed by atoms with Crippen LogP contribution in [0.4, 0.5) is 0 Å². The zero-order chi connectivity index (χ0) is 12.1. The fourth-order valence-corrected chi connectivity index (χ4v) is 2.61. The molecule has 1 saturated heterocycles. The van der Waals surface area contributed by atoms with Crippen molar-refractivity contribution in [2.75, 3.05) is 26.2 Å². The predicted octanol–water partition coefficient (Wildman–Crippen LogP) is 2.57. The first kappa shape index (κ1) is 12.9. The zero-order valence-corrected chi connectivity index (χ0v) is 11.2. The minimum Gasteiger partial charge on any atom is -0.314 e. The molecule has 2 nitrogen and oxygen atoms in total. The molecule has 0 aromatic heterocycles. The molecular weight excluding hydrogens is 232 g/mol. The Hall–Kier alpha value is -0.570. The molecule has 1 aromatic rings. The second-order valence-corrected chi connectivity index (χ2v) is 5.26. The second kappa shape index (κ2) is 6.39. The van der Waals surface area contributed by atoms with Gasteiger partial charge in [0, 0.05) is 30.7 Å². The van der Waals surface area contributed by atoms with Gasteiger partial charge in [0.15, 0.2) is 0 Å². The Balaban J connectivity index is 1.75. The molecule has 1 atom stereocenters. The highest BCUT2D eigenvalue weighted by molar-refractivity contribution is 6.30. The van der Waals surface area contributed by atoms with Gasteiger partial charge in [-0.15, -0.1) is 0 Å². The highest BCUT2D eigenvalue weighted by Gasteiger charge is 2.16. The van der Waals surface area contributed by atoms with Crippen LogP contribution in [0.5, 0.6) is 0 Å². The molecule has 0 radical (unpaired) electrons. The van der Waals surface area contributed by atoms with Crippen molar-refractivity contribution in [2.45, 2.75) is 25.8 Å². The van der Waals surface area contributed by atoms with Crippen molar-refractivity contribution in [1.82, 2.24) is 10.2 Å². The summed E-state index contributed by atoms with van der Waals surface area (Å²) in [6.45, 7) is 6.91. The monoisotopic (exact) mass is 252 g/mol. The number of hydrogen-bond acceptors (Lipinski definition) is 2. The number of nitrogens with one attached hydrogen (secondary N) is 1. The van der Waals surface area contributed by atoms with Gasteiger partial charge in [0.05, 0.1) is 0 Å². The van der Waals surface area contributed by atoms with Crippen LogP contribution in [0.1, 0.15) is 18.9 Å². The van der Waals surface area contributed by atoms with E-state index in [2.05, 4.69) is 29.3 Å². The number of rotatable bonds is 4. The van der Waals surface area contributed by atoms with Crippen molar-refractivity contribution in [2.24, 2.45) is 0 Å². The first-order valence-corrected chi connectivity index (χ1v) is 6.83. The SMILES string of the molecule is CC1CNCCN1CCCc1cccc(Cl)c1. The van der Waals surface area contributed by atoms with Gasteiger partial charge in [0.1, 0.15) is 0 Å². The number of piperazine rings is 1. The molecule has 1 aliphatic rings. The third kappa shape index (κ3) is 3.98. The summed E-state index contributed by atoms with van der Waals surface area (Å²) in [7, 11) is 0. The summed E-state index contributed by atoms with van der Waals surface area (Å²) in [5.74, 6) is 0. The standard InChI is InChI=1S/C14H21ClN2/c1-12-11-16-7-9-17(12)8-3-5-13-4-2-6-14(15)10-13/h2,4,6,10,12,16H,3,5,7-9,11H2,1H3. The van der Waals surface area contributed by atoms with Crippen LogP contribution in [0.25, 0.3) is 0 Å². The molecule has 1 heterocycles. The summed E-state index contributed by atoms with van der Waals surface area (Å²) in [5.41, 5.74) is 1.35. The van der Waals surface area contributed by atoms with Gasteiger partial charge in [0.2, 0.25) is 0 Å². The molecule has 1 aliphatic heterocycles. The van der Waals surface area contributed by atoms with Crippen molar-refractivity contribution in [3.63, 3.8) is 0 Å². The van der Waals surface area contributed by atoms with Gasteiger partial charge in [-0.05, 0) is 44.0 Å². The third-order valence-corrected chi connectivity index (χ3v) is 3.67. The van der Waals surface area contributed by atoms with Crippen LogP contribution in [-0.2, 0) is 6.42 Å². The van der Waals surface area contributed by atoms with Gasteiger partial charge >= 0.3 is 0 Å². The Morgan fingerprint density at radius 2 is 2.35 bits per heavy atom. The molecule has 1 unspecified atom stereocenters. The Bertz CT molecular complexity index is 354. The highest BCUT2D eigenvalue weighted by atomic mass is 35.5. The molecule has 0 bridgehead atoms. The van der Waals surface area contributed by atoms with Gasteiger partial charge in [-0.2, -0.15) is 0 Å². The lowest BCUT2D eigenvalue weighted by molar-refractivity contribution is 0.172. The Labute approximate surface area is 109 Å². The number of aryl methyl sites for hydroxylation is 1. The van der Waals surface area contributed by atoms with Crippen LogP contribution in [0.3, 0.4) is 0 Å². The molecule has 2 rings (SSSR count). The van der Waals surface area contributed by atoms with E-state index in [9.17, 15) is 0 Å². The number of hydrogen-bond donors (Lipinski definition) is 1. The lowest BCUT2D eigenvalue weighted by atomic mass is 10.1. The fraction of sp³-hybridized carbons (Fsp3) is 0.571. The van der Waals surface area contributed by atoms with Gasteiger partial charge in [-0.25, -0.2) is 0 Å². The highest BCUT2D eigenvalue weighted by Crippen LogP contribution is 2.13. The quantitative estimate of drug-likeness (QED) is 0.886. The fourth-order valence-electron chi connectivity index (χ4n) is 2.39. The molecule has 17 heavy (non-hydrogen) atoms. The van der Waals surface area contributed by atoms with E-state index in [0.717, 1.165) is 24.5 Å². The summed E-state index contributed by atoms with van der Waals surface area (Å²) in [4.78, 5) is 2.57. The lowest BCUT2D eigenvalue weighted by Gasteiger charge is -2.33. The lowest BCUT2D eigenvalue weighted by Crippen LogP contribution is -2.49. The van der Waals surface area contributed by atoms with E-state index < -0.39 is 0 Å². The molecule has 1 fully saturated rings. The first-order chi connectivity index (χ1) is 8.25. The van der Waals surface area contributed by atoms with Gasteiger partial charge in [-0.1, -0.05) is 23.7 Å². The second-order valence-electron chi connectivity index (χ2n) is 4.82. The Morgan fingerprint density at radius 1 is 1.47 bits per heavy atom. The normalized spacial score (nSPS) is 21.6. The minimum atomic E-state index is 0.670. The Morgan fingerprint density at radius 3 is 3.12 bits per heavy atom. The van der Waals surface area contributed by atoms with Crippen molar-refractivity contribution < 1.29 is 0 Å². The number of benzene rings is 1. The minimum absolute atomic E-state index is 0.670. The maximum atomic E-state index is 5.98. The molecule has 94 valence electrons. The molecule has 0 amide bonds. The van der Waals surface area contributed by atoms with Crippen LogP contribution in [0, 0.1) is 0 Å². The van der Waals surface area contributed by atoms with Gasteiger partial charge < -0.3 is 5.32 Å². The van der Waals surface area contributed by atoms with Gasteiger partial charge in [0.25, 0.3) is 0 Å². The van der Waals surface area contributed by atoms with Crippen molar-refractivity contribution in [1.29, 1.82) is 0 Å². The summed E-state index contributed by atoms with van der Waals surface area (Å²) in [6, 6.07) is 8.87. The van der Waals surface area contributed by atoms with E-state index in [1.54, 1.807) is 0 Å². The van der Waals surface area contributed by atoms with Crippen LogP contribution in [-0.4, -0.2) is 37.1 Å². The zero-order valence-electron chi connectivity index (χ0n) is 10.5. The van der Waals surface area contributed by atoms with E-state index in [-0.39, 0.29) is 0 Å². The van der Waals surface area contributed by atoms with Gasteiger partial charge in [-0.3, -0.25) is 4.90 Å².